The summed E-state index contributed by atoms with van der Waals surface area (Å²) in [5.74, 6) is 1.19. The van der Waals surface area contributed by atoms with Crippen LogP contribution in [0.2, 0.25) is 0 Å². The van der Waals surface area contributed by atoms with Gasteiger partial charge in [-0.3, -0.25) is 4.79 Å². The predicted molar refractivity (Wildman–Crippen MR) is 106 cm³/mol. The molecule has 5 nitrogen and oxygen atoms in total. The van der Waals surface area contributed by atoms with Crippen LogP contribution in [0.4, 0.5) is 0 Å². The summed E-state index contributed by atoms with van der Waals surface area (Å²) >= 11 is 0. The van der Waals surface area contributed by atoms with Crippen LogP contribution in [-0.2, 0) is 19.6 Å². The number of benzene rings is 2. The quantitative estimate of drug-likeness (QED) is 0.661. The van der Waals surface area contributed by atoms with E-state index < -0.39 is 0 Å². The zero-order valence-electron chi connectivity index (χ0n) is 16.1. The van der Waals surface area contributed by atoms with Gasteiger partial charge in [0.25, 0.3) is 5.91 Å². The maximum atomic E-state index is 12.6. The lowest BCUT2D eigenvalue weighted by molar-refractivity contribution is 0.0950. The van der Waals surface area contributed by atoms with Crippen molar-refractivity contribution >= 4 is 5.91 Å². The minimum absolute atomic E-state index is 0.116. The van der Waals surface area contributed by atoms with Crippen molar-refractivity contribution in [3.05, 3.63) is 58.7 Å². The van der Waals surface area contributed by atoms with Crippen molar-refractivity contribution in [2.75, 3.05) is 13.2 Å². The molecule has 0 aliphatic carbocycles. The SMILES string of the molecule is CCCCOc1ccc(C(=O)NCc2ccc3c(c2)CNC3)cc1OCC. The Morgan fingerprint density at radius 3 is 2.70 bits per heavy atom. The highest BCUT2D eigenvalue weighted by atomic mass is 16.5. The van der Waals surface area contributed by atoms with Crippen molar-refractivity contribution < 1.29 is 14.3 Å². The number of hydrogen-bond donors (Lipinski definition) is 2. The van der Waals surface area contributed by atoms with Gasteiger partial charge in [-0.15, -0.1) is 0 Å². The van der Waals surface area contributed by atoms with Crippen molar-refractivity contribution in [2.45, 2.75) is 46.3 Å². The van der Waals surface area contributed by atoms with Crippen LogP contribution in [-0.4, -0.2) is 19.1 Å². The Balaban J connectivity index is 1.64. The normalized spacial score (nSPS) is 12.5. The second-order valence-corrected chi connectivity index (χ2v) is 6.69. The molecule has 5 heteroatoms. The molecule has 1 heterocycles. The molecule has 0 radical (unpaired) electrons. The molecule has 0 unspecified atom stereocenters. The van der Waals surface area contributed by atoms with E-state index in [0.717, 1.165) is 31.5 Å². The van der Waals surface area contributed by atoms with E-state index in [-0.39, 0.29) is 5.91 Å². The largest absolute Gasteiger partial charge is 0.490 e. The summed E-state index contributed by atoms with van der Waals surface area (Å²) in [5.41, 5.74) is 4.33. The van der Waals surface area contributed by atoms with Gasteiger partial charge in [-0.05, 0) is 48.2 Å². The Morgan fingerprint density at radius 1 is 1.04 bits per heavy atom. The van der Waals surface area contributed by atoms with E-state index in [0.29, 0.717) is 36.8 Å². The van der Waals surface area contributed by atoms with Crippen molar-refractivity contribution in [2.24, 2.45) is 0 Å². The van der Waals surface area contributed by atoms with Crippen molar-refractivity contribution in [1.82, 2.24) is 10.6 Å². The Kier molecular flexibility index (Phi) is 6.71. The minimum atomic E-state index is -0.116. The third-order valence-electron chi connectivity index (χ3n) is 4.62. The zero-order valence-corrected chi connectivity index (χ0v) is 16.1. The van der Waals surface area contributed by atoms with Gasteiger partial charge in [0.2, 0.25) is 0 Å². The standard InChI is InChI=1S/C22H28N2O3/c1-3-5-10-27-20-9-8-17(12-21(20)26-4-2)22(25)24-13-16-6-7-18-14-23-15-19(18)11-16/h6-9,11-12,23H,3-5,10,13-15H2,1-2H3,(H,24,25). The average Bonchev–Trinajstić information content (AvgIpc) is 3.15. The van der Waals surface area contributed by atoms with Gasteiger partial charge in [0.15, 0.2) is 11.5 Å². The van der Waals surface area contributed by atoms with Gasteiger partial charge in [-0.1, -0.05) is 31.5 Å². The molecule has 1 aliphatic rings. The number of rotatable bonds is 9. The van der Waals surface area contributed by atoms with E-state index in [2.05, 4.69) is 35.8 Å². The second kappa shape index (κ2) is 9.42. The van der Waals surface area contributed by atoms with Crippen molar-refractivity contribution in [3.63, 3.8) is 0 Å². The number of carbonyl (C=O) groups is 1. The maximum absolute atomic E-state index is 12.6. The van der Waals surface area contributed by atoms with Crippen LogP contribution in [0.15, 0.2) is 36.4 Å². The molecule has 2 N–H and O–H groups in total. The summed E-state index contributed by atoms with van der Waals surface area (Å²) in [6.45, 7) is 7.55. The van der Waals surface area contributed by atoms with Crippen LogP contribution in [0.1, 0.15) is 53.7 Å². The van der Waals surface area contributed by atoms with Gasteiger partial charge >= 0.3 is 0 Å². The monoisotopic (exact) mass is 368 g/mol. The first-order chi connectivity index (χ1) is 13.2. The molecule has 1 amide bonds. The van der Waals surface area contributed by atoms with Gasteiger partial charge in [0, 0.05) is 25.2 Å². The van der Waals surface area contributed by atoms with Crippen LogP contribution < -0.4 is 20.1 Å². The van der Waals surface area contributed by atoms with Gasteiger partial charge in [0.05, 0.1) is 13.2 Å². The molecule has 0 aromatic heterocycles. The fourth-order valence-electron chi connectivity index (χ4n) is 3.11. The lowest BCUT2D eigenvalue weighted by Gasteiger charge is -2.13. The van der Waals surface area contributed by atoms with E-state index in [1.54, 1.807) is 12.1 Å². The molecule has 2 aromatic carbocycles. The number of amides is 1. The Bertz CT molecular complexity index is 789. The van der Waals surface area contributed by atoms with Gasteiger partial charge in [-0.25, -0.2) is 0 Å². The molecule has 27 heavy (non-hydrogen) atoms. The molecule has 144 valence electrons. The first-order valence-electron chi connectivity index (χ1n) is 9.70. The predicted octanol–water partition coefficient (Wildman–Crippen LogP) is 3.80. The van der Waals surface area contributed by atoms with Crippen molar-refractivity contribution in [1.29, 1.82) is 0 Å². The summed E-state index contributed by atoms with van der Waals surface area (Å²) in [6.07, 6.45) is 2.06. The molecular formula is C22H28N2O3. The first kappa shape index (κ1) is 19.2. The Hall–Kier alpha value is -2.53. The molecular weight excluding hydrogens is 340 g/mol. The third-order valence-corrected chi connectivity index (χ3v) is 4.62. The molecule has 0 atom stereocenters. The lowest BCUT2D eigenvalue weighted by atomic mass is 10.1. The first-order valence-corrected chi connectivity index (χ1v) is 9.70. The summed E-state index contributed by atoms with van der Waals surface area (Å²) in [6, 6.07) is 11.7. The Labute approximate surface area is 161 Å². The summed E-state index contributed by atoms with van der Waals surface area (Å²) in [4.78, 5) is 12.6. The maximum Gasteiger partial charge on any atom is 0.251 e. The van der Waals surface area contributed by atoms with Crippen LogP contribution in [0, 0.1) is 0 Å². The van der Waals surface area contributed by atoms with E-state index >= 15 is 0 Å². The number of hydrogen-bond acceptors (Lipinski definition) is 4. The second-order valence-electron chi connectivity index (χ2n) is 6.69. The van der Waals surface area contributed by atoms with Gasteiger partial charge in [0.1, 0.15) is 0 Å². The molecule has 1 aliphatic heterocycles. The van der Waals surface area contributed by atoms with Gasteiger partial charge < -0.3 is 20.1 Å². The van der Waals surface area contributed by atoms with Crippen LogP contribution in [0.5, 0.6) is 11.5 Å². The van der Waals surface area contributed by atoms with Crippen LogP contribution >= 0.6 is 0 Å². The highest BCUT2D eigenvalue weighted by Gasteiger charge is 2.13. The van der Waals surface area contributed by atoms with E-state index in [1.165, 1.54) is 11.1 Å². The molecule has 0 saturated heterocycles. The number of fused-ring (bicyclic) bond motifs is 1. The fourth-order valence-corrected chi connectivity index (χ4v) is 3.11. The zero-order chi connectivity index (χ0) is 19.1. The number of carbonyl (C=O) groups excluding carboxylic acids is 1. The number of nitrogens with one attached hydrogen (secondary N) is 2. The lowest BCUT2D eigenvalue weighted by Crippen LogP contribution is -2.23. The Morgan fingerprint density at radius 2 is 1.89 bits per heavy atom. The highest BCUT2D eigenvalue weighted by molar-refractivity contribution is 5.94. The summed E-state index contributed by atoms with van der Waals surface area (Å²) < 4.78 is 11.4. The average molecular weight is 368 g/mol. The van der Waals surface area contributed by atoms with E-state index in [1.807, 2.05) is 13.0 Å². The number of ether oxygens (including phenoxy) is 2. The third kappa shape index (κ3) is 5.01. The van der Waals surface area contributed by atoms with Crippen molar-refractivity contribution in [3.8, 4) is 11.5 Å². The van der Waals surface area contributed by atoms with Crippen LogP contribution in [0.25, 0.3) is 0 Å². The summed E-state index contributed by atoms with van der Waals surface area (Å²) in [7, 11) is 0. The minimum Gasteiger partial charge on any atom is -0.490 e. The molecule has 0 saturated carbocycles. The van der Waals surface area contributed by atoms with Crippen LogP contribution in [0.3, 0.4) is 0 Å². The molecule has 3 rings (SSSR count). The summed E-state index contributed by atoms with van der Waals surface area (Å²) in [5, 5.41) is 6.33. The van der Waals surface area contributed by atoms with E-state index in [4.69, 9.17) is 9.47 Å². The smallest absolute Gasteiger partial charge is 0.251 e. The van der Waals surface area contributed by atoms with Gasteiger partial charge in [-0.2, -0.15) is 0 Å². The molecule has 0 fully saturated rings. The molecule has 0 spiro atoms. The number of unbranched alkanes of at least 4 members (excludes halogenated alkanes) is 1. The molecule has 2 aromatic rings. The molecule has 0 bridgehead atoms. The fraction of sp³-hybridized carbons (Fsp3) is 0.409. The highest BCUT2D eigenvalue weighted by Crippen LogP contribution is 2.29. The topological polar surface area (TPSA) is 59.6 Å². The van der Waals surface area contributed by atoms with E-state index in [9.17, 15) is 4.79 Å².